The van der Waals surface area contributed by atoms with E-state index in [1.165, 1.54) is 5.56 Å². The zero-order chi connectivity index (χ0) is 12.7. The summed E-state index contributed by atoms with van der Waals surface area (Å²) in [7, 11) is -3.08. The minimum Gasteiger partial charge on any atom is -0.428 e. The van der Waals surface area contributed by atoms with E-state index < -0.39 is 10.1 Å². The molecule has 5 nitrogen and oxygen atoms in total. The van der Waals surface area contributed by atoms with Gasteiger partial charge < -0.3 is 4.43 Å². The summed E-state index contributed by atoms with van der Waals surface area (Å²) in [5, 5.41) is 0. The minimum absolute atomic E-state index is 0.198. The summed E-state index contributed by atoms with van der Waals surface area (Å²) in [5.41, 5.74) is 1.20. The molecule has 1 aromatic heterocycles. The molecule has 0 bridgehead atoms. The summed E-state index contributed by atoms with van der Waals surface area (Å²) in [5.74, 6) is -0.198. The summed E-state index contributed by atoms with van der Waals surface area (Å²) >= 11 is 0. The zero-order valence-corrected chi connectivity index (χ0v) is 12.7. The Bertz CT molecular complexity index is 432. The van der Waals surface area contributed by atoms with Gasteiger partial charge in [0, 0.05) is 25.2 Å². The topological polar surface area (TPSA) is 67.5 Å². The average molecular weight is 276 g/mol. The van der Waals surface area contributed by atoms with Gasteiger partial charge in [-0.2, -0.15) is 8.42 Å². The van der Waals surface area contributed by atoms with Crippen LogP contribution in [0.1, 0.15) is 12.0 Å². The molecule has 17 heavy (non-hydrogen) atoms. The first kappa shape index (κ1) is 14.3. The lowest BCUT2D eigenvalue weighted by molar-refractivity contribution is -0.696. The van der Waals surface area contributed by atoms with E-state index in [0.717, 1.165) is 23.5 Å². The van der Waals surface area contributed by atoms with Crippen molar-refractivity contribution in [2.45, 2.75) is 19.4 Å². The summed E-state index contributed by atoms with van der Waals surface area (Å²) in [4.78, 5) is 0. The molecule has 0 saturated heterocycles. The minimum atomic E-state index is -3.84. The Morgan fingerprint density at radius 2 is 2.00 bits per heavy atom. The smallest absolute Gasteiger partial charge is 0.265 e. The SMILES string of the molecule is O=S(=O)(O)CCC[n+]1ccc(CCO[SiH3])cc1. The predicted molar refractivity (Wildman–Crippen MR) is 67.3 cm³/mol. The number of hydrogen-bond acceptors (Lipinski definition) is 3. The van der Waals surface area contributed by atoms with Gasteiger partial charge >= 0.3 is 0 Å². The molecule has 96 valence electrons. The molecule has 0 spiro atoms. The fourth-order valence-electron chi connectivity index (χ4n) is 1.45. The van der Waals surface area contributed by atoms with Gasteiger partial charge in [0.05, 0.1) is 5.75 Å². The van der Waals surface area contributed by atoms with Crippen molar-refractivity contribution in [1.82, 2.24) is 0 Å². The lowest BCUT2D eigenvalue weighted by Gasteiger charge is -2.00. The maximum atomic E-state index is 10.5. The van der Waals surface area contributed by atoms with Crippen molar-refractivity contribution in [2.75, 3.05) is 12.4 Å². The third-order valence-corrected chi connectivity index (χ3v) is 3.59. The van der Waals surface area contributed by atoms with Crippen LogP contribution in [0, 0.1) is 0 Å². The first-order chi connectivity index (χ1) is 8.01. The molecule has 0 saturated carbocycles. The molecular formula is C10H18NO4SSi+. The van der Waals surface area contributed by atoms with Crippen LogP contribution in [0.3, 0.4) is 0 Å². The fourth-order valence-corrected chi connectivity index (χ4v) is 2.15. The van der Waals surface area contributed by atoms with Gasteiger partial charge in [-0.25, -0.2) is 4.57 Å². The Balaban J connectivity index is 2.40. The Labute approximate surface area is 105 Å². The van der Waals surface area contributed by atoms with Crippen LogP contribution in [0.4, 0.5) is 0 Å². The van der Waals surface area contributed by atoms with Gasteiger partial charge in [0.15, 0.2) is 12.4 Å². The second-order valence-corrected chi connectivity index (χ2v) is 5.98. The van der Waals surface area contributed by atoms with E-state index >= 15 is 0 Å². The molecule has 0 unspecified atom stereocenters. The first-order valence-corrected chi connectivity index (χ1v) is 7.86. The molecule has 1 N–H and O–H groups in total. The Morgan fingerprint density at radius 1 is 1.35 bits per heavy atom. The number of aromatic nitrogens is 1. The van der Waals surface area contributed by atoms with Crippen molar-refractivity contribution in [2.24, 2.45) is 0 Å². The van der Waals surface area contributed by atoms with E-state index in [1.807, 2.05) is 29.1 Å². The number of pyridine rings is 1. The lowest BCUT2D eigenvalue weighted by atomic mass is 10.2. The van der Waals surface area contributed by atoms with E-state index in [1.54, 1.807) is 0 Å². The molecule has 7 heteroatoms. The zero-order valence-electron chi connectivity index (χ0n) is 9.87. The molecule has 1 heterocycles. The van der Waals surface area contributed by atoms with Gasteiger partial charge in [0.25, 0.3) is 10.1 Å². The van der Waals surface area contributed by atoms with E-state index in [9.17, 15) is 8.42 Å². The van der Waals surface area contributed by atoms with E-state index in [-0.39, 0.29) is 5.75 Å². The van der Waals surface area contributed by atoms with Crippen LogP contribution in [0.25, 0.3) is 0 Å². The Morgan fingerprint density at radius 3 is 2.53 bits per heavy atom. The van der Waals surface area contributed by atoms with Crippen molar-refractivity contribution < 1.29 is 22.0 Å². The number of aryl methyl sites for hydroxylation is 1. The third-order valence-electron chi connectivity index (χ3n) is 2.37. The second kappa shape index (κ2) is 6.85. The molecule has 1 rings (SSSR count). The van der Waals surface area contributed by atoms with Gasteiger partial charge in [-0.3, -0.25) is 4.55 Å². The van der Waals surface area contributed by atoms with Crippen LogP contribution in [0.2, 0.25) is 0 Å². The lowest BCUT2D eigenvalue weighted by Crippen LogP contribution is -2.33. The van der Waals surface area contributed by atoms with Crippen LogP contribution >= 0.6 is 0 Å². The summed E-state index contributed by atoms with van der Waals surface area (Å²) in [6.07, 6.45) is 5.13. The summed E-state index contributed by atoms with van der Waals surface area (Å²) in [6.45, 7) is 1.33. The fraction of sp³-hybridized carbons (Fsp3) is 0.500. The van der Waals surface area contributed by atoms with Gasteiger partial charge in [0.1, 0.15) is 17.0 Å². The number of hydrogen-bond donors (Lipinski definition) is 1. The van der Waals surface area contributed by atoms with Crippen LogP contribution in [-0.2, 0) is 27.5 Å². The first-order valence-electron chi connectivity index (χ1n) is 5.43. The third kappa shape index (κ3) is 6.52. The maximum absolute atomic E-state index is 10.5. The van der Waals surface area contributed by atoms with Crippen molar-refractivity contribution in [3.8, 4) is 0 Å². The van der Waals surface area contributed by atoms with E-state index in [2.05, 4.69) is 0 Å². The summed E-state index contributed by atoms with van der Waals surface area (Å²) in [6, 6.07) is 3.99. The van der Waals surface area contributed by atoms with Crippen molar-refractivity contribution in [1.29, 1.82) is 0 Å². The molecule has 0 fully saturated rings. The highest BCUT2D eigenvalue weighted by Crippen LogP contribution is 1.97. The van der Waals surface area contributed by atoms with Crippen LogP contribution in [0.5, 0.6) is 0 Å². The average Bonchev–Trinajstić information content (AvgIpc) is 2.26. The normalized spacial score (nSPS) is 11.8. The van der Waals surface area contributed by atoms with Gasteiger partial charge in [-0.05, 0) is 12.0 Å². The molecule has 1 aromatic rings. The highest BCUT2D eigenvalue weighted by atomic mass is 32.2. The molecule has 0 aliphatic carbocycles. The van der Waals surface area contributed by atoms with Crippen molar-refractivity contribution in [3.63, 3.8) is 0 Å². The maximum Gasteiger partial charge on any atom is 0.265 e. The van der Waals surface area contributed by atoms with Gasteiger partial charge in [-0.1, -0.05) is 0 Å². The molecule has 0 aliphatic heterocycles. The molecule has 0 radical (unpaired) electrons. The van der Waals surface area contributed by atoms with Crippen LogP contribution in [0.15, 0.2) is 24.5 Å². The highest BCUT2D eigenvalue weighted by Gasteiger charge is 2.07. The second-order valence-electron chi connectivity index (χ2n) is 3.83. The number of rotatable bonds is 7. The van der Waals surface area contributed by atoms with Crippen LogP contribution in [-0.4, -0.2) is 35.8 Å². The standard InChI is InChI=1S/C10H17NO4SSi/c12-16(13,14)9-1-5-11-6-2-10(3-7-11)4-8-15-17/h2-3,6-7H,1,4-5,8-9H2,17H3/p+1. The van der Waals surface area contributed by atoms with Gasteiger partial charge in [0.2, 0.25) is 0 Å². The summed E-state index contributed by atoms with van der Waals surface area (Å²) < 4.78 is 36.7. The quantitative estimate of drug-likeness (QED) is 0.398. The number of nitrogens with zero attached hydrogens (tertiary/aromatic N) is 1. The molecule has 0 atom stereocenters. The largest absolute Gasteiger partial charge is 0.428 e. The van der Waals surface area contributed by atoms with E-state index in [0.29, 0.717) is 13.0 Å². The van der Waals surface area contributed by atoms with Crippen LogP contribution < -0.4 is 4.57 Å². The monoisotopic (exact) mass is 276 g/mol. The molecular weight excluding hydrogens is 258 g/mol. The molecule has 0 aliphatic rings. The van der Waals surface area contributed by atoms with Crippen molar-refractivity contribution in [3.05, 3.63) is 30.1 Å². The molecule has 0 aromatic carbocycles. The predicted octanol–water partition coefficient (Wildman–Crippen LogP) is -0.909. The van der Waals surface area contributed by atoms with E-state index in [4.69, 9.17) is 8.98 Å². The van der Waals surface area contributed by atoms with Gasteiger partial charge in [-0.15, -0.1) is 0 Å². The Hall–Kier alpha value is -0.763. The van der Waals surface area contributed by atoms with Crippen molar-refractivity contribution >= 4 is 20.6 Å². The molecule has 0 amide bonds. The highest BCUT2D eigenvalue weighted by molar-refractivity contribution is 7.85. The Kier molecular flexibility index (Phi) is 5.76.